The molecule has 6 nitrogen and oxygen atoms in total. The summed E-state index contributed by atoms with van der Waals surface area (Å²) in [6.07, 6.45) is 0. The zero-order valence-corrected chi connectivity index (χ0v) is 17.2. The van der Waals surface area contributed by atoms with Crippen LogP contribution in [-0.2, 0) is 26.1 Å². The molecule has 0 fully saturated rings. The van der Waals surface area contributed by atoms with Crippen LogP contribution >= 0.6 is 11.3 Å². The van der Waals surface area contributed by atoms with Crippen molar-refractivity contribution in [3.8, 4) is 0 Å². The minimum Gasteiger partial charge on any atom is -0.465 e. The van der Waals surface area contributed by atoms with Crippen LogP contribution in [0.3, 0.4) is 0 Å². The van der Waals surface area contributed by atoms with Crippen molar-refractivity contribution in [1.82, 2.24) is 4.57 Å². The summed E-state index contributed by atoms with van der Waals surface area (Å²) in [5.41, 5.74) is 2.65. The van der Waals surface area contributed by atoms with E-state index in [1.165, 1.54) is 11.3 Å². The molecule has 1 heterocycles. The molecule has 0 atom stereocenters. The number of hydrogen-bond donors (Lipinski definition) is 0. The van der Waals surface area contributed by atoms with Gasteiger partial charge in [0.15, 0.2) is 0 Å². The molecule has 28 heavy (non-hydrogen) atoms. The molecule has 0 spiro atoms. The average Bonchev–Trinajstić information content (AvgIpc) is 2.93. The first-order valence-electron chi connectivity index (χ1n) is 8.54. The van der Waals surface area contributed by atoms with Crippen LogP contribution < -0.4 is 4.80 Å². The second-order valence-electron chi connectivity index (χ2n) is 6.23. The van der Waals surface area contributed by atoms with E-state index in [-0.39, 0.29) is 22.8 Å². The molecule has 2 aromatic carbocycles. The molecule has 0 N–H and O–H groups in total. The third kappa shape index (κ3) is 4.15. The fourth-order valence-corrected chi connectivity index (χ4v) is 5.12. The number of esters is 1. The molecule has 0 amide bonds. The molecule has 0 saturated carbocycles. The molecule has 3 rings (SSSR count). The Labute approximate surface area is 166 Å². The molecule has 0 aliphatic heterocycles. The number of carbonyl (C=O) groups excluding carboxylic acids is 1. The third-order valence-corrected chi connectivity index (χ3v) is 6.64. The number of aromatic nitrogens is 1. The van der Waals surface area contributed by atoms with E-state index in [9.17, 15) is 17.6 Å². The number of halogens is 1. The molecule has 148 valence electrons. The number of hydrogen-bond acceptors (Lipinski definition) is 5. The topological polar surface area (TPSA) is 77.7 Å². The third-order valence-electron chi connectivity index (χ3n) is 4.02. The number of benzene rings is 2. The van der Waals surface area contributed by atoms with Gasteiger partial charge in [-0.1, -0.05) is 17.4 Å². The first kappa shape index (κ1) is 20.2. The predicted molar refractivity (Wildman–Crippen MR) is 105 cm³/mol. The van der Waals surface area contributed by atoms with Gasteiger partial charge in [0.05, 0.1) is 21.7 Å². The minimum atomic E-state index is -4.08. The number of ether oxygens (including phenoxy) is 1. The summed E-state index contributed by atoms with van der Waals surface area (Å²) in [6, 6.07) is 8.30. The van der Waals surface area contributed by atoms with E-state index in [1.807, 2.05) is 26.0 Å². The van der Waals surface area contributed by atoms with E-state index in [2.05, 4.69) is 4.40 Å². The van der Waals surface area contributed by atoms with Gasteiger partial charge in [-0.05, 0) is 62.2 Å². The van der Waals surface area contributed by atoms with Crippen LogP contribution in [-0.4, -0.2) is 25.6 Å². The molecule has 0 saturated heterocycles. The second-order valence-corrected chi connectivity index (χ2v) is 8.81. The van der Waals surface area contributed by atoms with Crippen molar-refractivity contribution in [1.29, 1.82) is 0 Å². The van der Waals surface area contributed by atoms with Crippen LogP contribution in [0.2, 0.25) is 0 Å². The van der Waals surface area contributed by atoms with Crippen molar-refractivity contribution in [3.05, 3.63) is 58.1 Å². The number of nitrogens with zero attached hydrogens (tertiary/aromatic N) is 2. The highest BCUT2D eigenvalue weighted by molar-refractivity contribution is 7.90. The van der Waals surface area contributed by atoms with Crippen LogP contribution in [0.4, 0.5) is 4.39 Å². The molecule has 0 radical (unpaired) electrons. The average molecular weight is 423 g/mol. The lowest BCUT2D eigenvalue weighted by Crippen LogP contribution is -2.23. The van der Waals surface area contributed by atoms with Gasteiger partial charge >= 0.3 is 5.97 Å². The lowest BCUT2D eigenvalue weighted by molar-refractivity contribution is -0.143. The summed E-state index contributed by atoms with van der Waals surface area (Å²) >= 11 is 1.18. The van der Waals surface area contributed by atoms with E-state index in [1.54, 1.807) is 11.5 Å². The summed E-state index contributed by atoms with van der Waals surface area (Å²) in [4.78, 5) is 12.1. The van der Waals surface area contributed by atoms with Crippen LogP contribution in [0.1, 0.15) is 18.1 Å². The van der Waals surface area contributed by atoms with Crippen molar-refractivity contribution in [2.45, 2.75) is 32.2 Å². The molecular formula is C19H19FN2O4S2. The lowest BCUT2D eigenvalue weighted by atomic mass is 10.1. The Bertz CT molecular complexity index is 1210. The Hall–Kier alpha value is -2.52. The second kappa shape index (κ2) is 7.84. The van der Waals surface area contributed by atoms with Crippen LogP contribution in [0.15, 0.2) is 45.7 Å². The normalized spacial score (nSPS) is 12.5. The highest BCUT2D eigenvalue weighted by Crippen LogP contribution is 2.24. The smallest absolute Gasteiger partial charge is 0.326 e. The molecule has 0 aliphatic carbocycles. The highest BCUT2D eigenvalue weighted by Gasteiger charge is 2.17. The number of sulfonamides is 1. The van der Waals surface area contributed by atoms with Gasteiger partial charge in [-0.25, -0.2) is 4.39 Å². The number of carbonyl (C=O) groups is 1. The van der Waals surface area contributed by atoms with E-state index >= 15 is 0 Å². The predicted octanol–water partition coefficient (Wildman–Crippen LogP) is 3.31. The highest BCUT2D eigenvalue weighted by atomic mass is 32.2. The van der Waals surface area contributed by atoms with Crippen molar-refractivity contribution in [3.63, 3.8) is 0 Å². The fourth-order valence-electron chi connectivity index (χ4n) is 2.83. The zero-order chi connectivity index (χ0) is 20.5. The van der Waals surface area contributed by atoms with Crippen LogP contribution in [0.25, 0.3) is 10.2 Å². The Morgan fingerprint density at radius 3 is 2.54 bits per heavy atom. The summed E-state index contributed by atoms with van der Waals surface area (Å²) < 4.78 is 49.8. The fraction of sp³-hybridized carbons (Fsp3) is 0.263. The Morgan fingerprint density at radius 2 is 1.89 bits per heavy atom. The molecule has 0 aliphatic rings. The van der Waals surface area contributed by atoms with Gasteiger partial charge in [0.2, 0.25) is 4.80 Å². The maximum atomic E-state index is 13.1. The Kier molecular flexibility index (Phi) is 5.66. The summed E-state index contributed by atoms with van der Waals surface area (Å²) in [5.74, 6) is -1.02. The van der Waals surface area contributed by atoms with E-state index in [0.717, 1.165) is 40.1 Å². The lowest BCUT2D eigenvalue weighted by Gasteiger charge is -2.06. The monoisotopic (exact) mass is 422 g/mol. The van der Waals surface area contributed by atoms with Gasteiger partial charge in [-0.15, -0.1) is 4.40 Å². The number of rotatable bonds is 5. The number of thiazole rings is 1. The minimum absolute atomic E-state index is 0.123. The first-order chi connectivity index (χ1) is 13.2. The Morgan fingerprint density at radius 1 is 1.21 bits per heavy atom. The van der Waals surface area contributed by atoms with Crippen molar-refractivity contribution < 1.29 is 22.3 Å². The first-order valence-corrected chi connectivity index (χ1v) is 10.8. The zero-order valence-electron chi connectivity index (χ0n) is 15.6. The van der Waals surface area contributed by atoms with Gasteiger partial charge < -0.3 is 9.30 Å². The largest absolute Gasteiger partial charge is 0.465 e. The number of aryl methyl sites for hydroxylation is 2. The summed E-state index contributed by atoms with van der Waals surface area (Å²) in [6.45, 7) is 5.60. The van der Waals surface area contributed by atoms with Crippen molar-refractivity contribution in [2.24, 2.45) is 4.40 Å². The molecule has 1 aromatic heterocycles. The maximum absolute atomic E-state index is 13.1. The van der Waals surface area contributed by atoms with Crippen molar-refractivity contribution >= 4 is 37.5 Å². The van der Waals surface area contributed by atoms with E-state index in [4.69, 9.17) is 4.74 Å². The molecular weight excluding hydrogens is 403 g/mol. The standard InChI is InChI=1S/C19H19FN2O4S2/c1-4-26-17(23)11-22-16-10-12(2)9-13(3)18(16)27-19(22)21-28(24,25)15-7-5-14(20)6-8-15/h5-10H,4,11H2,1-3H3. The van der Waals surface area contributed by atoms with Crippen LogP contribution in [0, 0.1) is 19.7 Å². The van der Waals surface area contributed by atoms with E-state index < -0.39 is 21.8 Å². The molecule has 0 unspecified atom stereocenters. The quantitative estimate of drug-likeness (QED) is 0.591. The van der Waals surface area contributed by atoms with Gasteiger partial charge in [0.25, 0.3) is 10.0 Å². The summed E-state index contributed by atoms with van der Waals surface area (Å²) in [7, 11) is -4.08. The van der Waals surface area contributed by atoms with Gasteiger partial charge in [-0.2, -0.15) is 8.42 Å². The maximum Gasteiger partial charge on any atom is 0.326 e. The van der Waals surface area contributed by atoms with Crippen molar-refractivity contribution in [2.75, 3.05) is 6.61 Å². The van der Waals surface area contributed by atoms with E-state index in [0.29, 0.717) is 5.52 Å². The van der Waals surface area contributed by atoms with Gasteiger partial charge in [-0.3, -0.25) is 4.79 Å². The van der Waals surface area contributed by atoms with Crippen LogP contribution in [0.5, 0.6) is 0 Å². The number of fused-ring (bicyclic) bond motifs is 1. The SMILES string of the molecule is CCOC(=O)Cn1c(=NS(=O)(=O)c2ccc(F)cc2)sc2c(C)cc(C)cc21. The molecule has 0 bridgehead atoms. The Balaban J connectivity index is 2.24. The van der Waals surface area contributed by atoms with Gasteiger partial charge in [0.1, 0.15) is 12.4 Å². The van der Waals surface area contributed by atoms with Gasteiger partial charge in [0, 0.05) is 0 Å². The summed E-state index contributed by atoms with van der Waals surface area (Å²) in [5, 5.41) is 0. The molecule has 9 heteroatoms. The molecule has 3 aromatic rings.